The first-order valence-corrected chi connectivity index (χ1v) is 7.42. The lowest BCUT2D eigenvalue weighted by Gasteiger charge is -2.17. The Labute approximate surface area is 109 Å². The van der Waals surface area contributed by atoms with Gasteiger partial charge >= 0.3 is 0 Å². The maximum atomic E-state index is 4.49. The van der Waals surface area contributed by atoms with Gasteiger partial charge in [0.25, 0.3) is 0 Å². The van der Waals surface area contributed by atoms with E-state index in [1.165, 1.54) is 11.4 Å². The number of rotatable bonds is 7. The fourth-order valence-electron chi connectivity index (χ4n) is 1.74. The summed E-state index contributed by atoms with van der Waals surface area (Å²) in [5.41, 5.74) is 2.51. The molecule has 1 unspecified atom stereocenters. The molecule has 0 fully saturated rings. The lowest BCUT2D eigenvalue weighted by molar-refractivity contribution is 0.581. The molecule has 17 heavy (non-hydrogen) atoms. The molecule has 0 aliphatic heterocycles. The number of hydrogen-bond donors (Lipinski definition) is 1. The Morgan fingerprint density at radius 1 is 1.47 bits per heavy atom. The van der Waals surface area contributed by atoms with Crippen LogP contribution in [0.2, 0.25) is 0 Å². The lowest BCUT2D eigenvalue weighted by atomic mass is 10.1. The molecule has 1 aromatic rings. The summed E-state index contributed by atoms with van der Waals surface area (Å²) in [5.74, 6) is 1.15. The zero-order valence-electron chi connectivity index (χ0n) is 11.7. The van der Waals surface area contributed by atoms with E-state index in [9.17, 15) is 0 Å². The average molecular weight is 255 g/mol. The van der Waals surface area contributed by atoms with Gasteiger partial charge in [0, 0.05) is 31.0 Å². The highest BCUT2D eigenvalue weighted by Crippen LogP contribution is 2.14. The Bertz CT molecular complexity index is 333. The first-order chi connectivity index (χ1) is 8.06. The van der Waals surface area contributed by atoms with Gasteiger partial charge < -0.3 is 5.32 Å². The summed E-state index contributed by atoms with van der Waals surface area (Å²) < 4.78 is 2.02. The molecule has 0 aliphatic carbocycles. The van der Waals surface area contributed by atoms with Crippen molar-refractivity contribution in [1.29, 1.82) is 0 Å². The third kappa shape index (κ3) is 4.72. The van der Waals surface area contributed by atoms with Crippen LogP contribution in [0.5, 0.6) is 0 Å². The number of thioether (sulfide) groups is 1. The molecule has 1 atom stereocenters. The van der Waals surface area contributed by atoms with E-state index in [4.69, 9.17) is 0 Å². The zero-order chi connectivity index (χ0) is 12.8. The molecule has 0 spiro atoms. The van der Waals surface area contributed by atoms with Crippen molar-refractivity contribution in [2.75, 3.05) is 12.8 Å². The van der Waals surface area contributed by atoms with E-state index < -0.39 is 0 Å². The third-order valence-electron chi connectivity index (χ3n) is 2.88. The molecule has 3 nitrogen and oxygen atoms in total. The van der Waals surface area contributed by atoms with Crippen molar-refractivity contribution in [2.24, 2.45) is 7.05 Å². The Kier molecular flexibility index (Phi) is 6.06. The molecule has 1 rings (SSSR count). The number of nitrogens with zero attached hydrogens (tertiary/aromatic N) is 2. The predicted octanol–water partition coefficient (Wildman–Crippen LogP) is 2.25. The summed E-state index contributed by atoms with van der Waals surface area (Å²) in [6.07, 6.45) is 2.07. The van der Waals surface area contributed by atoms with Gasteiger partial charge in [-0.3, -0.25) is 4.68 Å². The average Bonchev–Trinajstić information content (AvgIpc) is 2.65. The first-order valence-electron chi connectivity index (χ1n) is 6.37. The van der Waals surface area contributed by atoms with Crippen molar-refractivity contribution in [1.82, 2.24) is 15.1 Å². The molecular weight excluding hydrogens is 230 g/mol. The second kappa shape index (κ2) is 7.07. The van der Waals surface area contributed by atoms with Gasteiger partial charge in [0.15, 0.2) is 0 Å². The summed E-state index contributed by atoms with van der Waals surface area (Å²) >= 11 is 2.01. The highest BCUT2D eigenvalue weighted by Gasteiger charge is 2.12. The van der Waals surface area contributed by atoms with Gasteiger partial charge in [-0.15, -0.1) is 0 Å². The van der Waals surface area contributed by atoms with Crippen LogP contribution in [0.1, 0.15) is 32.2 Å². The number of aromatic nitrogens is 2. The molecule has 0 amide bonds. The Hall–Kier alpha value is -0.480. The lowest BCUT2D eigenvalue weighted by Crippen LogP contribution is -2.31. The predicted molar refractivity (Wildman–Crippen MR) is 76.7 cm³/mol. The molecule has 0 radical (unpaired) electrons. The Morgan fingerprint density at radius 2 is 2.18 bits per heavy atom. The van der Waals surface area contributed by atoms with Crippen molar-refractivity contribution >= 4 is 11.8 Å². The van der Waals surface area contributed by atoms with Crippen LogP contribution >= 0.6 is 11.8 Å². The maximum Gasteiger partial charge on any atom is 0.0624 e. The SMILES string of the molecule is CCc1cc(CC(CSC(C)C)NC)n(C)n1. The van der Waals surface area contributed by atoms with Gasteiger partial charge in [0.2, 0.25) is 0 Å². The normalized spacial score (nSPS) is 13.3. The van der Waals surface area contributed by atoms with E-state index in [0.717, 1.165) is 18.6 Å². The van der Waals surface area contributed by atoms with E-state index in [1.54, 1.807) is 0 Å². The van der Waals surface area contributed by atoms with E-state index in [0.29, 0.717) is 11.3 Å². The molecular formula is C13H25N3S. The van der Waals surface area contributed by atoms with Gasteiger partial charge in [-0.05, 0) is 24.8 Å². The summed E-state index contributed by atoms with van der Waals surface area (Å²) in [4.78, 5) is 0. The number of aryl methyl sites for hydroxylation is 2. The van der Waals surface area contributed by atoms with E-state index >= 15 is 0 Å². The minimum Gasteiger partial charge on any atom is -0.316 e. The second-order valence-electron chi connectivity index (χ2n) is 4.68. The quantitative estimate of drug-likeness (QED) is 0.810. The molecule has 1 aromatic heterocycles. The van der Waals surface area contributed by atoms with Gasteiger partial charge in [-0.1, -0.05) is 20.8 Å². The highest BCUT2D eigenvalue weighted by molar-refractivity contribution is 7.99. The van der Waals surface area contributed by atoms with Gasteiger partial charge in [-0.2, -0.15) is 16.9 Å². The van der Waals surface area contributed by atoms with Crippen molar-refractivity contribution in [2.45, 2.75) is 44.9 Å². The van der Waals surface area contributed by atoms with Crippen molar-refractivity contribution < 1.29 is 0 Å². The fourth-order valence-corrected chi connectivity index (χ4v) is 2.64. The zero-order valence-corrected chi connectivity index (χ0v) is 12.5. The monoisotopic (exact) mass is 255 g/mol. The minimum absolute atomic E-state index is 0.530. The van der Waals surface area contributed by atoms with Gasteiger partial charge in [0.05, 0.1) is 5.69 Å². The largest absolute Gasteiger partial charge is 0.316 e. The van der Waals surface area contributed by atoms with Crippen LogP contribution in [0.15, 0.2) is 6.07 Å². The first kappa shape index (κ1) is 14.6. The Morgan fingerprint density at radius 3 is 2.65 bits per heavy atom. The van der Waals surface area contributed by atoms with Crippen LogP contribution in [0.25, 0.3) is 0 Å². The van der Waals surface area contributed by atoms with Crippen LogP contribution in [0.3, 0.4) is 0 Å². The Balaban J connectivity index is 2.57. The smallest absolute Gasteiger partial charge is 0.0624 e. The number of likely N-dealkylation sites (N-methyl/N-ethyl adjacent to an activating group) is 1. The second-order valence-corrected chi connectivity index (χ2v) is 6.29. The summed E-state index contributed by atoms with van der Waals surface area (Å²) in [5, 5.41) is 8.59. The molecule has 0 bridgehead atoms. The standard InChI is InChI=1S/C13H25N3S/c1-6-11-7-13(16(5)15-11)8-12(14-4)9-17-10(2)3/h7,10,12,14H,6,8-9H2,1-5H3. The summed E-state index contributed by atoms with van der Waals surface area (Å²) in [6.45, 7) is 6.64. The molecule has 1 heterocycles. The molecule has 1 N–H and O–H groups in total. The van der Waals surface area contributed by atoms with Gasteiger partial charge in [-0.25, -0.2) is 0 Å². The fraction of sp³-hybridized carbons (Fsp3) is 0.769. The van der Waals surface area contributed by atoms with Crippen LogP contribution in [-0.4, -0.2) is 33.9 Å². The van der Waals surface area contributed by atoms with E-state index in [2.05, 4.69) is 37.3 Å². The van der Waals surface area contributed by atoms with Crippen LogP contribution in [-0.2, 0) is 19.9 Å². The topological polar surface area (TPSA) is 29.9 Å². The van der Waals surface area contributed by atoms with Crippen molar-refractivity contribution in [3.63, 3.8) is 0 Å². The van der Waals surface area contributed by atoms with E-state index in [1.807, 2.05) is 30.5 Å². The minimum atomic E-state index is 0.530. The molecule has 4 heteroatoms. The summed E-state index contributed by atoms with van der Waals surface area (Å²) in [6, 6.07) is 2.76. The number of hydrogen-bond acceptors (Lipinski definition) is 3. The van der Waals surface area contributed by atoms with Crippen molar-refractivity contribution in [3.05, 3.63) is 17.5 Å². The van der Waals surface area contributed by atoms with Crippen LogP contribution in [0, 0.1) is 0 Å². The van der Waals surface area contributed by atoms with Gasteiger partial charge in [0.1, 0.15) is 0 Å². The maximum absolute atomic E-state index is 4.49. The van der Waals surface area contributed by atoms with Crippen LogP contribution < -0.4 is 5.32 Å². The molecule has 0 saturated carbocycles. The number of nitrogens with one attached hydrogen (secondary N) is 1. The molecule has 0 saturated heterocycles. The van der Waals surface area contributed by atoms with Crippen molar-refractivity contribution in [3.8, 4) is 0 Å². The third-order valence-corrected chi connectivity index (χ3v) is 4.15. The molecule has 0 aliphatic rings. The summed E-state index contributed by atoms with van der Waals surface area (Å²) in [7, 11) is 4.08. The van der Waals surface area contributed by atoms with E-state index in [-0.39, 0.29) is 0 Å². The highest BCUT2D eigenvalue weighted by atomic mass is 32.2. The van der Waals surface area contributed by atoms with Crippen LogP contribution in [0.4, 0.5) is 0 Å². The molecule has 0 aromatic carbocycles. The molecule has 98 valence electrons.